The van der Waals surface area contributed by atoms with Crippen molar-refractivity contribution in [2.75, 3.05) is 0 Å². The molecule has 2 aromatic heterocycles. The van der Waals surface area contributed by atoms with Crippen LogP contribution in [0.2, 0.25) is 0 Å². The van der Waals surface area contributed by atoms with E-state index in [0.717, 1.165) is 49.8 Å². The molecule has 0 bridgehead atoms. The Balaban J connectivity index is 1.02. The Kier molecular flexibility index (Phi) is 7.59. The molecular formula is C57H41N3O. The Bertz CT molecular complexity index is 3410. The summed E-state index contributed by atoms with van der Waals surface area (Å²) < 4.78 is 6.66. The molecule has 0 radical (unpaired) electrons. The number of hydrogen-bond acceptors (Lipinski definition) is 4. The molecule has 2 heterocycles. The highest BCUT2D eigenvalue weighted by molar-refractivity contribution is 6.13. The zero-order valence-corrected chi connectivity index (χ0v) is 34.5. The summed E-state index contributed by atoms with van der Waals surface area (Å²) in [5.74, 6) is 1.90. The van der Waals surface area contributed by atoms with Crippen LogP contribution in [0.1, 0.15) is 49.9 Å². The molecule has 10 aromatic rings. The quantitative estimate of drug-likeness (QED) is 0.174. The van der Waals surface area contributed by atoms with Gasteiger partial charge in [0.1, 0.15) is 11.2 Å². The Morgan fingerprint density at radius 3 is 1.64 bits per heavy atom. The van der Waals surface area contributed by atoms with Crippen molar-refractivity contribution >= 4 is 21.9 Å². The van der Waals surface area contributed by atoms with Gasteiger partial charge in [0, 0.05) is 38.3 Å². The fourth-order valence-corrected chi connectivity index (χ4v) is 10.3. The number of hydrogen-bond donors (Lipinski definition) is 0. The summed E-state index contributed by atoms with van der Waals surface area (Å²) in [6.07, 6.45) is 0. The summed E-state index contributed by atoms with van der Waals surface area (Å²) in [4.78, 5) is 16.0. The molecule has 12 rings (SSSR count). The predicted octanol–water partition coefficient (Wildman–Crippen LogP) is 14.7. The monoisotopic (exact) mass is 783 g/mol. The number of nitrogens with zero attached hydrogens (tertiary/aromatic N) is 3. The van der Waals surface area contributed by atoms with Crippen LogP contribution < -0.4 is 0 Å². The number of aromatic nitrogens is 3. The molecule has 290 valence electrons. The van der Waals surface area contributed by atoms with E-state index in [1.807, 2.05) is 0 Å². The van der Waals surface area contributed by atoms with Crippen LogP contribution in [0, 0.1) is 0 Å². The number of fused-ring (bicyclic) bond motifs is 9. The van der Waals surface area contributed by atoms with Crippen LogP contribution in [-0.2, 0) is 10.8 Å². The average molecular weight is 784 g/mol. The standard InChI is InChI=1S/C57H41N3O/c1-56(2)46-21-10-9-17-41(46)45-32-37(29-31-48(45)56)53-58-54(60-55(59-53)44-20-12-19-42-40-16-8-11-22-47(40)57(3,4)52(42)44)38-28-30-43-50(33-38)61-49-23-13-18-39(51(43)49)36-26-24-35(25-27-36)34-14-6-5-7-15-34/h5-33H,1-4H3. The zero-order chi connectivity index (χ0) is 41.0. The van der Waals surface area contributed by atoms with Gasteiger partial charge in [0.05, 0.1) is 0 Å². The highest BCUT2D eigenvalue weighted by atomic mass is 16.3. The maximum absolute atomic E-state index is 6.66. The van der Waals surface area contributed by atoms with Gasteiger partial charge in [-0.2, -0.15) is 0 Å². The van der Waals surface area contributed by atoms with Gasteiger partial charge in [0.15, 0.2) is 17.5 Å². The van der Waals surface area contributed by atoms with E-state index in [2.05, 4.69) is 204 Å². The fourth-order valence-electron chi connectivity index (χ4n) is 10.3. The minimum Gasteiger partial charge on any atom is -0.456 e. The smallest absolute Gasteiger partial charge is 0.164 e. The summed E-state index contributed by atoms with van der Waals surface area (Å²) in [5.41, 5.74) is 19.0. The third-order valence-corrected chi connectivity index (χ3v) is 13.4. The Hall–Kier alpha value is -7.43. The largest absolute Gasteiger partial charge is 0.456 e. The van der Waals surface area contributed by atoms with Gasteiger partial charge in [0.25, 0.3) is 0 Å². The summed E-state index contributed by atoms with van der Waals surface area (Å²) >= 11 is 0. The molecule has 0 fully saturated rings. The molecular weight excluding hydrogens is 743 g/mol. The molecule has 2 aliphatic carbocycles. The van der Waals surface area contributed by atoms with Gasteiger partial charge in [0.2, 0.25) is 0 Å². The summed E-state index contributed by atoms with van der Waals surface area (Å²) in [7, 11) is 0. The van der Waals surface area contributed by atoms with Crippen LogP contribution in [0.15, 0.2) is 180 Å². The average Bonchev–Trinajstić information content (AvgIpc) is 3.88. The SMILES string of the molecule is CC1(C)c2ccccc2-c2cc(-c3nc(-c4ccc5c(c4)oc4cccc(-c6ccc(-c7ccccc7)cc6)c45)nc(-c4cccc5c4C(C)(C)c4ccccc4-5)n3)ccc21. The van der Waals surface area contributed by atoms with Crippen LogP contribution in [0.25, 0.3) is 101 Å². The minimum atomic E-state index is -0.245. The van der Waals surface area contributed by atoms with Gasteiger partial charge in [-0.15, -0.1) is 0 Å². The second kappa shape index (κ2) is 13.0. The van der Waals surface area contributed by atoms with Gasteiger partial charge in [-0.25, -0.2) is 15.0 Å². The molecule has 0 saturated carbocycles. The molecule has 0 spiro atoms. The lowest BCUT2D eigenvalue weighted by Crippen LogP contribution is -2.17. The lowest BCUT2D eigenvalue weighted by Gasteiger charge is -2.24. The van der Waals surface area contributed by atoms with E-state index in [1.165, 1.54) is 55.6 Å². The van der Waals surface area contributed by atoms with Crippen LogP contribution in [0.3, 0.4) is 0 Å². The molecule has 61 heavy (non-hydrogen) atoms. The number of benzene rings is 8. The van der Waals surface area contributed by atoms with E-state index in [0.29, 0.717) is 17.5 Å². The maximum Gasteiger partial charge on any atom is 0.164 e. The van der Waals surface area contributed by atoms with Crippen molar-refractivity contribution in [3.63, 3.8) is 0 Å². The lowest BCUT2D eigenvalue weighted by atomic mass is 9.80. The van der Waals surface area contributed by atoms with Gasteiger partial charge < -0.3 is 4.42 Å². The van der Waals surface area contributed by atoms with Gasteiger partial charge in [-0.1, -0.05) is 179 Å². The Labute approximate surface area is 355 Å². The first kappa shape index (κ1) is 35.5. The van der Waals surface area contributed by atoms with Gasteiger partial charge in [-0.3, -0.25) is 0 Å². The van der Waals surface area contributed by atoms with Crippen molar-refractivity contribution in [2.45, 2.75) is 38.5 Å². The molecule has 2 aliphatic rings. The van der Waals surface area contributed by atoms with Gasteiger partial charge in [-0.05, 0) is 91.0 Å². The third-order valence-electron chi connectivity index (χ3n) is 13.4. The zero-order valence-electron chi connectivity index (χ0n) is 34.5. The summed E-state index contributed by atoms with van der Waals surface area (Å²) in [6.45, 7) is 9.24. The predicted molar refractivity (Wildman–Crippen MR) is 249 cm³/mol. The number of furan rings is 1. The van der Waals surface area contributed by atoms with E-state index in [-0.39, 0.29) is 10.8 Å². The van der Waals surface area contributed by atoms with Crippen molar-refractivity contribution in [1.82, 2.24) is 15.0 Å². The van der Waals surface area contributed by atoms with Crippen LogP contribution >= 0.6 is 0 Å². The van der Waals surface area contributed by atoms with E-state index in [1.54, 1.807) is 0 Å². The highest BCUT2D eigenvalue weighted by Gasteiger charge is 2.38. The van der Waals surface area contributed by atoms with Crippen LogP contribution in [0.5, 0.6) is 0 Å². The Morgan fingerprint density at radius 2 is 0.869 bits per heavy atom. The topological polar surface area (TPSA) is 51.8 Å². The van der Waals surface area contributed by atoms with Crippen LogP contribution in [0.4, 0.5) is 0 Å². The molecule has 0 saturated heterocycles. The van der Waals surface area contributed by atoms with E-state index in [9.17, 15) is 0 Å². The molecule has 4 nitrogen and oxygen atoms in total. The number of rotatable bonds is 5. The molecule has 0 amide bonds. The first-order valence-corrected chi connectivity index (χ1v) is 21.1. The normalized spacial score (nSPS) is 14.2. The maximum atomic E-state index is 6.66. The molecule has 4 heteroatoms. The fraction of sp³-hybridized carbons (Fsp3) is 0.105. The first-order chi connectivity index (χ1) is 29.7. The molecule has 0 aliphatic heterocycles. The van der Waals surface area contributed by atoms with Crippen molar-refractivity contribution < 1.29 is 4.42 Å². The molecule has 0 N–H and O–H groups in total. The van der Waals surface area contributed by atoms with Crippen molar-refractivity contribution in [1.29, 1.82) is 0 Å². The van der Waals surface area contributed by atoms with E-state index >= 15 is 0 Å². The first-order valence-electron chi connectivity index (χ1n) is 21.1. The summed E-state index contributed by atoms with van der Waals surface area (Å²) in [5, 5.41) is 2.15. The molecule has 0 unspecified atom stereocenters. The van der Waals surface area contributed by atoms with Gasteiger partial charge >= 0.3 is 0 Å². The third kappa shape index (κ3) is 5.35. The Morgan fingerprint density at radius 1 is 0.344 bits per heavy atom. The van der Waals surface area contributed by atoms with Crippen molar-refractivity contribution in [3.8, 4) is 78.7 Å². The van der Waals surface area contributed by atoms with Crippen LogP contribution in [-0.4, -0.2) is 15.0 Å². The second-order valence-corrected chi connectivity index (χ2v) is 17.6. The minimum absolute atomic E-state index is 0.0987. The second-order valence-electron chi connectivity index (χ2n) is 17.6. The molecule has 0 atom stereocenters. The van der Waals surface area contributed by atoms with E-state index in [4.69, 9.17) is 19.4 Å². The molecule has 8 aromatic carbocycles. The highest BCUT2D eigenvalue weighted by Crippen LogP contribution is 2.53. The summed E-state index contributed by atoms with van der Waals surface area (Å²) in [6, 6.07) is 62.8. The van der Waals surface area contributed by atoms with Crippen molar-refractivity contribution in [3.05, 3.63) is 198 Å². The van der Waals surface area contributed by atoms with E-state index < -0.39 is 0 Å². The van der Waals surface area contributed by atoms with Crippen molar-refractivity contribution in [2.24, 2.45) is 0 Å². The lowest BCUT2D eigenvalue weighted by molar-refractivity contribution is 0.660.